The van der Waals surface area contributed by atoms with Gasteiger partial charge in [0.2, 0.25) is 0 Å². The van der Waals surface area contributed by atoms with Gasteiger partial charge in [-0.1, -0.05) is 30.3 Å². The summed E-state index contributed by atoms with van der Waals surface area (Å²) >= 11 is 0. The normalized spacial score (nSPS) is 13.2. The van der Waals surface area contributed by atoms with E-state index in [2.05, 4.69) is 0 Å². The van der Waals surface area contributed by atoms with Crippen molar-refractivity contribution < 1.29 is 9.53 Å². The molecule has 0 fully saturated rings. The van der Waals surface area contributed by atoms with Crippen LogP contribution in [-0.4, -0.2) is 48.1 Å². The highest BCUT2D eigenvalue weighted by molar-refractivity contribution is 6.15. The highest BCUT2D eigenvalue weighted by Gasteiger charge is 2.30. The number of ether oxygens (including phenoxy) is 1. The molecule has 0 bridgehead atoms. The van der Waals surface area contributed by atoms with Gasteiger partial charge < -0.3 is 9.64 Å². The number of hydrogen-bond donors (Lipinski definition) is 0. The van der Waals surface area contributed by atoms with Gasteiger partial charge in [0.05, 0.1) is 34.9 Å². The maximum absolute atomic E-state index is 14.1. The minimum atomic E-state index is -0.114. The van der Waals surface area contributed by atoms with Crippen molar-refractivity contribution in [2.24, 2.45) is 0 Å². The number of benzene rings is 3. The number of amides is 1. The van der Waals surface area contributed by atoms with Crippen molar-refractivity contribution in [2.45, 2.75) is 0 Å². The fourth-order valence-electron chi connectivity index (χ4n) is 4.49. The van der Waals surface area contributed by atoms with Gasteiger partial charge in [0, 0.05) is 31.1 Å². The summed E-state index contributed by atoms with van der Waals surface area (Å²) in [6.07, 6.45) is 0. The molecule has 7 nitrogen and oxygen atoms in total. The first-order valence-corrected chi connectivity index (χ1v) is 11.5. The zero-order valence-corrected chi connectivity index (χ0v) is 19.5. The van der Waals surface area contributed by atoms with Gasteiger partial charge in [-0.3, -0.25) is 9.69 Å². The topological polar surface area (TPSA) is 71.5 Å². The number of nitrogens with zero attached hydrogens (tertiary/aromatic N) is 5. The van der Waals surface area contributed by atoms with Crippen LogP contribution in [0.25, 0.3) is 33.2 Å². The standard InChI is InChI=1S/C28H23N5O2/c1-32-15-16-33(27-26(32)30-23-9-5-6-10-24(23)31-27)28(34)21-17-25(18-11-13-19(35-2)14-12-18)29-22-8-4-3-7-20(21)22/h3-14,17H,15-16H2,1-2H3. The molecule has 0 radical (unpaired) electrons. The molecule has 3 heterocycles. The van der Waals surface area contributed by atoms with Crippen LogP contribution in [0.2, 0.25) is 0 Å². The van der Waals surface area contributed by atoms with E-state index in [1.165, 1.54) is 0 Å². The summed E-state index contributed by atoms with van der Waals surface area (Å²) in [4.78, 5) is 32.4. The van der Waals surface area contributed by atoms with Crippen molar-refractivity contribution >= 4 is 39.5 Å². The lowest BCUT2D eigenvalue weighted by molar-refractivity contribution is 0.0987. The molecular formula is C28H23N5O2. The zero-order chi connectivity index (χ0) is 23.9. The minimum absolute atomic E-state index is 0.114. The number of pyridine rings is 1. The fourth-order valence-corrected chi connectivity index (χ4v) is 4.49. The van der Waals surface area contributed by atoms with Crippen molar-refractivity contribution in [3.05, 3.63) is 84.4 Å². The third-order valence-corrected chi connectivity index (χ3v) is 6.39. The molecule has 172 valence electrons. The molecule has 5 aromatic rings. The smallest absolute Gasteiger partial charge is 0.260 e. The third-order valence-electron chi connectivity index (χ3n) is 6.39. The molecule has 7 heteroatoms. The molecule has 0 atom stereocenters. The zero-order valence-electron chi connectivity index (χ0n) is 19.5. The monoisotopic (exact) mass is 461 g/mol. The van der Waals surface area contributed by atoms with Crippen LogP contribution in [0.5, 0.6) is 5.75 Å². The van der Waals surface area contributed by atoms with Crippen LogP contribution >= 0.6 is 0 Å². The summed E-state index contributed by atoms with van der Waals surface area (Å²) in [5, 5.41) is 0.809. The van der Waals surface area contributed by atoms with Gasteiger partial charge in [0.25, 0.3) is 5.91 Å². The van der Waals surface area contributed by atoms with E-state index in [1.807, 2.05) is 90.8 Å². The van der Waals surface area contributed by atoms with Crippen molar-refractivity contribution in [3.63, 3.8) is 0 Å². The first-order valence-electron chi connectivity index (χ1n) is 11.5. The quantitative estimate of drug-likeness (QED) is 0.379. The van der Waals surface area contributed by atoms with Gasteiger partial charge in [-0.2, -0.15) is 0 Å². The molecule has 2 aromatic heterocycles. The maximum atomic E-state index is 14.1. The van der Waals surface area contributed by atoms with Crippen LogP contribution in [0.3, 0.4) is 0 Å². The van der Waals surface area contributed by atoms with Gasteiger partial charge in [0.15, 0.2) is 11.6 Å². The second-order valence-corrected chi connectivity index (χ2v) is 8.54. The number of para-hydroxylation sites is 3. The van der Waals surface area contributed by atoms with Gasteiger partial charge in [0.1, 0.15) is 5.75 Å². The largest absolute Gasteiger partial charge is 0.497 e. The predicted molar refractivity (Wildman–Crippen MR) is 138 cm³/mol. The summed E-state index contributed by atoms with van der Waals surface area (Å²) in [6, 6.07) is 25.0. The van der Waals surface area contributed by atoms with Crippen molar-refractivity contribution in [2.75, 3.05) is 37.0 Å². The highest BCUT2D eigenvalue weighted by atomic mass is 16.5. The summed E-state index contributed by atoms with van der Waals surface area (Å²) in [5.41, 5.74) is 4.57. The third kappa shape index (κ3) is 3.61. The predicted octanol–water partition coefficient (Wildman–Crippen LogP) is 4.95. The number of rotatable bonds is 3. The number of likely N-dealkylation sites (N-methyl/N-ethyl adjacent to an activating group) is 1. The van der Waals surface area contributed by atoms with Crippen LogP contribution in [0.15, 0.2) is 78.9 Å². The number of aromatic nitrogens is 3. The second kappa shape index (κ2) is 8.36. The molecule has 1 aliphatic heterocycles. The summed E-state index contributed by atoms with van der Waals surface area (Å²) in [5.74, 6) is 1.94. The molecule has 0 spiro atoms. The van der Waals surface area contributed by atoms with Crippen LogP contribution in [-0.2, 0) is 0 Å². The molecule has 0 aliphatic carbocycles. The Bertz CT molecular complexity index is 1580. The first-order chi connectivity index (χ1) is 17.1. The molecule has 35 heavy (non-hydrogen) atoms. The van der Waals surface area contributed by atoms with Crippen LogP contribution < -0.4 is 14.5 Å². The SMILES string of the molecule is COc1ccc(-c2cc(C(=O)N3CCN(C)c4nc5ccccc5nc43)c3ccccc3n2)cc1. The number of carbonyl (C=O) groups excluding carboxylic acids is 1. The number of anilines is 2. The lowest BCUT2D eigenvalue weighted by Gasteiger charge is -2.34. The highest BCUT2D eigenvalue weighted by Crippen LogP contribution is 2.33. The van der Waals surface area contributed by atoms with Crippen LogP contribution in [0, 0.1) is 0 Å². The molecule has 1 aliphatic rings. The maximum Gasteiger partial charge on any atom is 0.260 e. The number of carbonyl (C=O) groups is 1. The molecule has 0 unspecified atom stereocenters. The average Bonchev–Trinajstić information content (AvgIpc) is 2.91. The number of methoxy groups -OCH3 is 1. The average molecular weight is 462 g/mol. The summed E-state index contributed by atoms with van der Waals surface area (Å²) < 4.78 is 5.29. The fraction of sp³-hybridized carbons (Fsp3) is 0.143. The molecule has 0 saturated heterocycles. The van der Waals surface area contributed by atoms with E-state index in [1.54, 1.807) is 12.0 Å². The Labute approximate surface area is 202 Å². The Kier molecular flexibility index (Phi) is 5.03. The molecular weight excluding hydrogens is 438 g/mol. The molecule has 1 amide bonds. The Balaban J connectivity index is 1.50. The lowest BCUT2D eigenvalue weighted by atomic mass is 10.0. The van der Waals surface area contributed by atoms with E-state index in [0.717, 1.165) is 38.9 Å². The van der Waals surface area contributed by atoms with Gasteiger partial charge in [-0.15, -0.1) is 0 Å². The Morgan fingerprint density at radius 2 is 1.46 bits per heavy atom. The second-order valence-electron chi connectivity index (χ2n) is 8.54. The van der Waals surface area contributed by atoms with Crippen LogP contribution in [0.1, 0.15) is 10.4 Å². The van der Waals surface area contributed by atoms with Crippen molar-refractivity contribution in [1.29, 1.82) is 0 Å². The molecule has 3 aromatic carbocycles. The molecule has 0 N–H and O–H groups in total. The van der Waals surface area contributed by atoms with Gasteiger partial charge >= 0.3 is 0 Å². The number of hydrogen-bond acceptors (Lipinski definition) is 6. The van der Waals surface area contributed by atoms with Gasteiger partial charge in [-0.25, -0.2) is 15.0 Å². The molecule has 6 rings (SSSR count). The van der Waals surface area contributed by atoms with E-state index in [9.17, 15) is 4.79 Å². The van der Waals surface area contributed by atoms with E-state index in [0.29, 0.717) is 30.3 Å². The van der Waals surface area contributed by atoms with Crippen molar-refractivity contribution in [1.82, 2.24) is 15.0 Å². The van der Waals surface area contributed by atoms with Crippen molar-refractivity contribution in [3.8, 4) is 17.0 Å². The Hall–Kier alpha value is -4.52. The first kappa shape index (κ1) is 21.0. The van der Waals surface area contributed by atoms with E-state index in [4.69, 9.17) is 19.7 Å². The summed E-state index contributed by atoms with van der Waals surface area (Å²) in [7, 11) is 3.62. The van der Waals surface area contributed by atoms with E-state index < -0.39 is 0 Å². The van der Waals surface area contributed by atoms with E-state index in [-0.39, 0.29) is 5.91 Å². The Morgan fingerprint density at radius 3 is 2.17 bits per heavy atom. The van der Waals surface area contributed by atoms with Gasteiger partial charge in [-0.05, 0) is 48.5 Å². The molecule has 0 saturated carbocycles. The lowest BCUT2D eigenvalue weighted by Crippen LogP contribution is -2.44. The number of fused-ring (bicyclic) bond motifs is 3. The van der Waals surface area contributed by atoms with Crippen LogP contribution in [0.4, 0.5) is 11.6 Å². The minimum Gasteiger partial charge on any atom is -0.497 e. The summed E-state index contributed by atoms with van der Waals surface area (Å²) in [6.45, 7) is 1.18. The van der Waals surface area contributed by atoms with E-state index >= 15 is 0 Å². The Morgan fingerprint density at radius 1 is 0.800 bits per heavy atom.